The van der Waals surface area contributed by atoms with Gasteiger partial charge in [-0.3, -0.25) is 9.59 Å². The normalized spacial score (nSPS) is 18.4. The third-order valence-corrected chi connectivity index (χ3v) is 5.46. The lowest BCUT2D eigenvalue weighted by molar-refractivity contribution is -0.116. The van der Waals surface area contributed by atoms with Crippen LogP contribution in [0, 0.1) is 29.1 Å². The van der Waals surface area contributed by atoms with Crippen molar-refractivity contribution in [2.24, 2.45) is 0 Å². The van der Waals surface area contributed by atoms with Crippen LogP contribution in [-0.2, 0) is 9.59 Å². The minimum absolute atomic E-state index is 0.0145. The van der Waals surface area contributed by atoms with E-state index in [4.69, 9.17) is 0 Å². The molecule has 1 aliphatic carbocycles. The van der Waals surface area contributed by atoms with Gasteiger partial charge in [0.25, 0.3) is 5.91 Å². The summed E-state index contributed by atoms with van der Waals surface area (Å²) in [5, 5.41) is 5.34. The molecule has 10 heteroatoms. The smallest absolute Gasteiger partial charge is 0.255 e. The van der Waals surface area contributed by atoms with E-state index in [1.54, 1.807) is 12.1 Å². The molecule has 32 heavy (non-hydrogen) atoms. The van der Waals surface area contributed by atoms with Crippen molar-refractivity contribution in [2.45, 2.75) is 32.1 Å². The molecular weight excluding hydrogens is 433 g/mol. The maximum absolute atomic E-state index is 14.8. The van der Waals surface area contributed by atoms with Gasteiger partial charge in [-0.05, 0) is 31.9 Å². The predicted molar refractivity (Wildman–Crippen MR) is 104 cm³/mol. The number of pyridine rings is 1. The van der Waals surface area contributed by atoms with Gasteiger partial charge in [-0.1, -0.05) is 6.07 Å². The number of Topliss-reactive ketones (excluding diaryl/α,β-unsaturated/α-hetero) is 1. The molecule has 5 nitrogen and oxygen atoms in total. The van der Waals surface area contributed by atoms with Crippen molar-refractivity contribution >= 4 is 17.5 Å². The Balaban J connectivity index is 1.94. The summed E-state index contributed by atoms with van der Waals surface area (Å²) in [6.45, 7) is 1.43. The van der Waals surface area contributed by atoms with Crippen LogP contribution in [0.3, 0.4) is 0 Å². The number of hydrogen-bond donors (Lipinski definition) is 2. The Morgan fingerprint density at radius 2 is 1.69 bits per heavy atom. The van der Waals surface area contributed by atoms with Crippen LogP contribution in [0.25, 0.3) is 0 Å². The number of allylic oxidation sites excluding steroid dienone is 3. The minimum atomic E-state index is -2.32. The van der Waals surface area contributed by atoms with Gasteiger partial charge in [0.15, 0.2) is 29.1 Å². The van der Waals surface area contributed by atoms with Crippen LogP contribution in [0.4, 0.5) is 27.8 Å². The molecule has 0 saturated carbocycles. The number of aromatic nitrogens is 1. The first-order valence-electron chi connectivity index (χ1n) is 9.70. The number of dihydropyridines is 1. The number of halogens is 5. The van der Waals surface area contributed by atoms with Gasteiger partial charge in [-0.2, -0.15) is 0 Å². The highest BCUT2D eigenvalue weighted by Crippen LogP contribution is 2.45. The lowest BCUT2D eigenvalue weighted by Crippen LogP contribution is -2.36. The maximum Gasteiger partial charge on any atom is 0.255 e. The number of benzene rings is 1. The molecule has 1 aromatic heterocycles. The Hall–Kier alpha value is -3.56. The molecule has 0 spiro atoms. The van der Waals surface area contributed by atoms with E-state index in [1.807, 2.05) is 0 Å². The topological polar surface area (TPSA) is 71.1 Å². The molecule has 1 unspecified atom stereocenters. The van der Waals surface area contributed by atoms with Crippen LogP contribution in [0.15, 0.2) is 46.9 Å². The molecule has 1 aliphatic heterocycles. The molecule has 1 aromatic carbocycles. The highest BCUT2D eigenvalue weighted by atomic mass is 19.2. The number of rotatable bonds is 3. The van der Waals surface area contributed by atoms with E-state index in [0.29, 0.717) is 18.5 Å². The number of nitrogens with one attached hydrogen (secondary N) is 2. The van der Waals surface area contributed by atoms with Crippen molar-refractivity contribution in [1.82, 2.24) is 10.3 Å². The van der Waals surface area contributed by atoms with Crippen molar-refractivity contribution < 1.29 is 31.5 Å². The second-order valence-corrected chi connectivity index (χ2v) is 7.42. The van der Waals surface area contributed by atoms with Crippen molar-refractivity contribution in [3.8, 4) is 0 Å². The van der Waals surface area contributed by atoms with E-state index in [1.165, 1.54) is 19.2 Å². The molecule has 1 amide bonds. The van der Waals surface area contributed by atoms with Crippen LogP contribution in [0.2, 0.25) is 0 Å². The Morgan fingerprint density at radius 1 is 1.03 bits per heavy atom. The second-order valence-electron chi connectivity index (χ2n) is 7.42. The Kier molecular flexibility index (Phi) is 5.53. The largest absolute Gasteiger partial charge is 0.362 e. The molecule has 0 fully saturated rings. The Morgan fingerprint density at radius 3 is 2.31 bits per heavy atom. The monoisotopic (exact) mass is 449 g/mol. The number of carbonyl (C=O) groups is 2. The average Bonchev–Trinajstić information content (AvgIpc) is 2.77. The van der Waals surface area contributed by atoms with Crippen molar-refractivity contribution in [2.75, 3.05) is 5.32 Å². The molecule has 0 radical (unpaired) electrons. The van der Waals surface area contributed by atoms with Crippen LogP contribution >= 0.6 is 0 Å². The standard InChI is InChI=1S/C22H16F5N3O2/c1-9-13(22(32)30-12-7-2-3-8-28-12)15(14-10(29-9)5-4-6-11(14)31)16-17(23)19(25)21(27)20(26)18(16)24/h2-3,7-8,15,29H,4-6H2,1H3,(H,28,30,32). The van der Waals surface area contributed by atoms with Crippen molar-refractivity contribution in [3.63, 3.8) is 0 Å². The average molecular weight is 449 g/mol. The first-order chi connectivity index (χ1) is 15.2. The van der Waals surface area contributed by atoms with Gasteiger partial charge < -0.3 is 10.6 Å². The van der Waals surface area contributed by atoms with Crippen molar-refractivity contribution in [3.05, 3.63) is 81.6 Å². The fraction of sp³-hybridized carbons (Fsp3) is 0.227. The molecule has 2 heterocycles. The third-order valence-electron chi connectivity index (χ3n) is 5.46. The fourth-order valence-corrected chi connectivity index (χ4v) is 4.07. The molecular formula is C22H16F5N3O2. The van der Waals surface area contributed by atoms with Gasteiger partial charge in [-0.15, -0.1) is 0 Å². The van der Waals surface area contributed by atoms with E-state index in [9.17, 15) is 31.5 Å². The summed E-state index contributed by atoms with van der Waals surface area (Å²) >= 11 is 0. The maximum atomic E-state index is 14.8. The van der Waals surface area contributed by atoms with Gasteiger partial charge in [0.05, 0.1) is 5.92 Å². The van der Waals surface area contributed by atoms with Crippen LogP contribution in [0.5, 0.6) is 0 Å². The minimum Gasteiger partial charge on any atom is -0.362 e. The quantitative estimate of drug-likeness (QED) is 0.415. The number of amides is 1. The van der Waals surface area contributed by atoms with Crippen LogP contribution in [0.1, 0.15) is 37.7 Å². The van der Waals surface area contributed by atoms with Crippen molar-refractivity contribution in [1.29, 1.82) is 0 Å². The zero-order chi connectivity index (χ0) is 23.2. The van der Waals surface area contributed by atoms with E-state index >= 15 is 0 Å². The number of nitrogens with zero attached hydrogens (tertiary/aromatic N) is 1. The summed E-state index contributed by atoms with van der Waals surface area (Å²) in [6.07, 6.45) is 2.17. The van der Waals surface area contributed by atoms with Crippen LogP contribution in [-0.4, -0.2) is 16.7 Å². The molecule has 2 N–H and O–H groups in total. The number of carbonyl (C=O) groups excluding carboxylic acids is 2. The number of hydrogen-bond acceptors (Lipinski definition) is 4. The predicted octanol–water partition coefficient (Wildman–Crippen LogP) is 4.38. The SMILES string of the molecule is CC1=C(C(=O)Nc2ccccn2)C(c2c(F)c(F)c(F)c(F)c2F)C2=C(CCCC2=O)N1. The molecule has 2 aromatic rings. The molecule has 0 bridgehead atoms. The molecule has 4 rings (SSSR count). The first kappa shape index (κ1) is 21.7. The fourth-order valence-electron chi connectivity index (χ4n) is 4.07. The summed E-state index contributed by atoms with van der Waals surface area (Å²) < 4.78 is 71.4. The molecule has 2 aliphatic rings. The van der Waals surface area contributed by atoms with Gasteiger partial charge in [0, 0.05) is 40.7 Å². The van der Waals surface area contributed by atoms with E-state index in [2.05, 4.69) is 15.6 Å². The Labute approximate surface area is 179 Å². The summed E-state index contributed by atoms with van der Waals surface area (Å²) in [5.41, 5.74) is -1.34. The highest BCUT2D eigenvalue weighted by Gasteiger charge is 2.43. The van der Waals surface area contributed by atoms with E-state index in [0.717, 1.165) is 0 Å². The lowest BCUT2D eigenvalue weighted by Gasteiger charge is -2.34. The highest BCUT2D eigenvalue weighted by molar-refractivity contribution is 6.09. The van der Waals surface area contributed by atoms with Gasteiger partial charge in [0.2, 0.25) is 5.82 Å². The molecule has 166 valence electrons. The second kappa shape index (κ2) is 8.18. The van der Waals surface area contributed by atoms with E-state index < -0.39 is 52.3 Å². The van der Waals surface area contributed by atoms with Gasteiger partial charge in [-0.25, -0.2) is 26.9 Å². The summed E-state index contributed by atoms with van der Waals surface area (Å²) in [7, 11) is 0. The zero-order valence-electron chi connectivity index (χ0n) is 16.7. The number of anilines is 1. The zero-order valence-corrected chi connectivity index (χ0v) is 16.7. The summed E-state index contributed by atoms with van der Waals surface area (Å²) in [6, 6.07) is 4.63. The Bertz CT molecular complexity index is 1180. The van der Waals surface area contributed by atoms with Gasteiger partial charge in [0.1, 0.15) is 5.82 Å². The molecule has 1 atom stereocenters. The first-order valence-corrected chi connectivity index (χ1v) is 9.70. The van der Waals surface area contributed by atoms with E-state index in [-0.39, 0.29) is 29.1 Å². The molecule has 0 saturated heterocycles. The lowest BCUT2D eigenvalue weighted by atomic mass is 9.74. The van der Waals surface area contributed by atoms with Crippen LogP contribution < -0.4 is 10.6 Å². The summed E-state index contributed by atoms with van der Waals surface area (Å²) in [5.74, 6) is -13.9. The van der Waals surface area contributed by atoms with Gasteiger partial charge >= 0.3 is 0 Å². The third kappa shape index (κ3) is 3.45. The summed E-state index contributed by atoms with van der Waals surface area (Å²) in [4.78, 5) is 29.8. The number of ketones is 1.